The molecule has 66 valence electrons. The molecule has 0 unspecified atom stereocenters. The molecule has 1 fully saturated rings. The molecule has 0 amide bonds. The third-order valence-electron chi connectivity index (χ3n) is 2.16. The summed E-state index contributed by atoms with van der Waals surface area (Å²) in [6.07, 6.45) is 2.16. The molecule has 0 aromatic heterocycles. The fraction of sp³-hybridized carbons (Fsp3) is 0.556. The monoisotopic (exact) mass is 166 g/mol. The van der Waals surface area contributed by atoms with E-state index in [-0.39, 0.29) is 5.78 Å². The summed E-state index contributed by atoms with van der Waals surface area (Å²) in [4.78, 5) is 11.4. The molecule has 12 heavy (non-hydrogen) atoms. The lowest BCUT2D eigenvalue weighted by molar-refractivity contribution is -0.115. The van der Waals surface area contributed by atoms with Gasteiger partial charge < -0.3 is 10.7 Å². The highest BCUT2D eigenvalue weighted by molar-refractivity contribution is 6.23. The summed E-state index contributed by atoms with van der Waals surface area (Å²) in [7, 11) is 1.78. The Morgan fingerprint density at radius 2 is 2.17 bits per heavy atom. The molecule has 1 rings (SSSR count). The van der Waals surface area contributed by atoms with Crippen molar-refractivity contribution in [2.75, 3.05) is 7.05 Å². The van der Waals surface area contributed by atoms with E-state index in [0.717, 1.165) is 18.5 Å². The van der Waals surface area contributed by atoms with Gasteiger partial charge in [-0.25, -0.2) is 0 Å². The average Bonchev–Trinajstić information content (AvgIpc) is 2.03. The molecule has 0 aromatic rings. The second kappa shape index (κ2) is 3.52. The van der Waals surface area contributed by atoms with Crippen molar-refractivity contribution in [3.05, 3.63) is 11.3 Å². The summed E-state index contributed by atoms with van der Waals surface area (Å²) in [5, 5.41) is 10.5. The molecule has 1 saturated carbocycles. The van der Waals surface area contributed by atoms with Crippen LogP contribution in [0.3, 0.4) is 0 Å². The predicted molar refractivity (Wildman–Crippen MR) is 48.3 cm³/mol. The molecule has 0 aliphatic heterocycles. The smallest absolute Gasteiger partial charge is 0.166 e. The van der Waals surface area contributed by atoms with Gasteiger partial charge in [-0.05, 0) is 19.8 Å². The van der Waals surface area contributed by atoms with Gasteiger partial charge in [-0.15, -0.1) is 0 Å². The molecule has 0 radical (unpaired) electrons. The fourth-order valence-corrected chi connectivity index (χ4v) is 1.40. The predicted octanol–water partition coefficient (Wildman–Crippen LogP) is 1.25. The Morgan fingerprint density at radius 3 is 2.67 bits per heavy atom. The van der Waals surface area contributed by atoms with Gasteiger partial charge in [-0.2, -0.15) is 0 Å². The molecule has 3 heteroatoms. The topological polar surface area (TPSA) is 53.0 Å². The second-order valence-corrected chi connectivity index (χ2v) is 3.01. The highest BCUT2D eigenvalue weighted by Gasteiger charge is 2.21. The molecular formula is C9H14N2O. The number of hydrogen-bond acceptors (Lipinski definition) is 3. The third kappa shape index (κ3) is 1.55. The summed E-state index contributed by atoms with van der Waals surface area (Å²) in [6.45, 7) is 1.84. The first kappa shape index (κ1) is 8.97. The lowest BCUT2D eigenvalue weighted by Crippen LogP contribution is -2.23. The molecule has 2 N–H and O–H groups in total. The summed E-state index contributed by atoms with van der Waals surface area (Å²) < 4.78 is 0. The van der Waals surface area contributed by atoms with Crippen LogP contribution in [0.5, 0.6) is 0 Å². The average molecular weight is 166 g/mol. The van der Waals surface area contributed by atoms with E-state index in [1.165, 1.54) is 0 Å². The van der Waals surface area contributed by atoms with E-state index in [0.29, 0.717) is 17.7 Å². The molecule has 3 nitrogen and oxygen atoms in total. The van der Waals surface area contributed by atoms with Crippen LogP contribution < -0.4 is 5.32 Å². The van der Waals surface area contributed by atoms with Crippen molar-refractivity contribution in [2.24, 2.45) is 0 Å². The molecule has 0 aromatic carbocycles. The molecule has 1 aliphatic carbocycles. The van der Waals surface area contributed by atoms with E-state index in [1.54, 1.807) is 7.05 Å². The van der Waals surface area contributed by atoms with Gasteiger partial charge in [0.1, 0.15) is 0 Å². The van der Waals surface area contributed by atoms with Crippen molar-refractivity contribution in [3.63, 3.8) is 0 Å². The minimum absolute atomic E-state index is 0.109. The Kier molecular flexibility index (Phi) is 2.63. The van der Waals surface area contributed by atoms with Crippen LogP contribution in [0.15, 0.2) is 11.3 Å². The maximum atomic E-state index is 11.4. The Hall–Kier alpha value is -1.12. The first-order valence-electron chi connectivity index (χ1n) is 4.16. The van der Waals surface area contributed by atoms with Crippen molar-refractivity contribution in [1.82, 2.24) is 5.32 Å². The summed E-state index contributed by atoms with van der Waals surface area (Å²) in [6, 6.07) is 0. The molecule has 0 bridgehead atoms. The van der Waals surface area contributed by atoms with Gasteiger partial charge in [0.05, 0.1) is 5.57 Å². The minimum Gasteiger partial charge on any atom is -0.391 e. The van der Waals surface area contributed by atoms with Crippen LogP contribution in [0, 0.1) is 5.41 Å². The van der Waals surface area contributed by atoms with Gasteiger partial charge in [-0.1, -0.05) is 0 Å². The largest absolute Gasteiger partial charge is 0.391 e. The fourth-order valence-electron chi connectivity index (χ4n) is 1.40. The summed E-state index contributed by atoms with van der Waals surface area (Å²) in [5.41, 5.74) is 1.91. The summed E-state index contributed by atoms with van der Waals surface area (Å²) >= 11 is 0. The zero-order valence-corrected chi connectivity index (χ0v) is 7.53. The lowest BCUT2D eigenvalue weighted by atomic mass is 9.90. The number of hydrogen-bond donors (Lipinski definition) is 2. The van der Waals surface area contributed by atoms with Gasteiger partial charge in [-0.3, -0.25) is 4.79 Å². The maximum Gasteiger partial charge on any atom is 0.166 e. The quantitative estimate of drug-likeness (QED) is 0.576. The van der Waals surface area contributed by atoms with Gasteiger partial charge in [0.15, 0.2) is 5.78 Å². The number of carbonyl (C=O) groups is 1. The van der Waals surface area contributed by atoms with Gasteiger partial charge in [0.2, 0.25) is 0 Å². The van der Waals surface area contributed by atoms with E-state index >= 15 is 0 Å². The number of Topliss-reactive ketones (excluding diaryl/α,β-unsaturated/α-hetero) is 1. The van der Waals surface area contributed by atoms with Crippen molar-refractivity contribution in [3.8, 4) is 0 Å². The first-order valence-corrected chi connectivity index (χ1v) is 4.16. The first-order chi connectivity index (χ1) is 5.66. The van der Waals surface area contributed by atoms with Crippen LogP contribution >= 0.6 is 0 Å². The van der Waals surface area contributed by atoms with Gasteiger partial charge >= 0.3 is 0 Å². The summed E-state index contributed by atoms with van der Waals surface area (Å²) in [5.74, 6) is 0.109. The second-order valence-electron chi connectivity index (χ2n) is 3.01. The zero-order chi connectivity index (χ0) is 9.14. The number of ketones is 1. The normalized spacial score (nSPS) is 22.5. The minimum atomic E-state index is 0.109. The van der Waals surface area contributed by atoms with Crippen molar-refractivity contribution >= 4 is 11.5 Å². The van der Waals surface area contributed by atoms with Crippen molar-refractivity contribution in [1.29, 1.82) is 5.41 Å². The Morgan fingerprint density at radius 1 is 1.50 bits per heavy atom. The van der Waals surface area contributed by atoms with Crippen LogP contribution in [0.4, 0.5) is 0 Å². The van der Waals surface area contributed by atoms with Crippen molar-refractivity contribution in [2.45, 2.75) is 26.2 Å². The standard InChI is InChI=1S/C9H14N2O/c1-6(11-2)9-7(10)4-3-5-8(9)12/h10-11H,3-5H2,1-2H3/b9-6+,10-7?. The molecule has 0 atom stereocenters. The molecule has 0 saturated heterocycles. The Labute approximate surface area is 72.4 Å². The lowest BCUT2D eigenvalue weighted by Gasteiger charge is -2.16. The molecule has 1 aliphatic rings. The highest BCUT2D eigenvalue weighted by Crippen LogP contribution is 2.18. The number of carbonyl (C=O) groups excluding carboxylic acids is 1. The van der Waals surface area contributed by atoms with E-state index in [2.05, 4.69) is 5.32 Å². The van der Waals surface area contributed by atoms with Crippen LogP contribution in [0.2, 0.25) is 0 Å². The van der Waals surface area contributed by atoms with Gasteiger partial charge in [0, 0.05) is 24.9 Å². The molecule has 0 heterocycles. The van der Waals surface area contributed by atoms with Crippen LogP contribution in [0.25, 0.3) is 0 Å². The number of rotatable bonds is 1. The third-order valence-corrected chi connectivity index (χ3v) is 2.16. The van der Waals surface area contributed by atoms with E-state index < -0.39 is 0 Å². The van der Waals surface area contributed by atoms with E-state index in [1.807, 2.05) is 6.92 Å². The number of allylic oxidation sites excluding steroid dienone is 2. The SMILES string of the molecule is CN/C(C)=C1\C(=N)CCCC1=O. The number of nitrogens with one attached hydrogen (secondary N) is 2. The Bertz CT molecular complexity index is 235. The zero-order valence-electron chi connectivity index (χ0n) is 7.53. The molecular weight excluding hydrogens is 152 g/mol. The molecule has 0 spiro atoms. The van der Waals surface area contributed by atoms with Crippen molar-refractivity contribution < 1.29 is 4.79 Å². The maximum absolute atomic E-state index is 11.4. The van der Waals surface area contributed by atoms with Gasteiger partial charge in [0.25, 0.3) is 0 Å². The van der Waals surface area contributed by atoms with E-state index in [9.17, 15) is 4.79 Å². The van der Waals surface area contributed by atoms with Crippen LogP contribution in [-0.4, -0.2) is 18.5 Å². The van der Waals surface area contributed by atoms with Crippen LogP contribution in [-0.2, 0) is 4.79 Å². The highest BCUT2D eigenvalue weighted by atomic mass is 16.1. The Balaban J connectivity index is 2.98. The van der Waals surface area contributed by atoms with Crippen LogP contribution in [0.1, 0.15) is 26.2 Å². The van der Waals surface area contributed by atoms with E-state index in [4.69, 9.17) is 5.41 Å².